The largest absolute Gasteiger partial charge is 0.360 e. The highest BCUT2D eigenvalue weighted by Gasteiger charge is 2.17. The van der Waals surface area contributed by atoms with Gasteiger partial charge in [-0.15, -0.1) is 0 Å². The molecule has 0 radical (unpaired) electrons. The van der Waals surface area contributed by atoms with Gasteiger partial charge in [0.25, 0.3) is 5.91 Å². The summed E-state index contributed by atoms with van der Waals surface area (Å²) >= 11 is 0. The molecule has 0 bridgehead atoms. The molecular weight excluding hydrogens is 250 g/mol. The Balaban J connectivity index is 2.89. The van der Waals surface area contributed by atoms with Gasteiger partial charge in [-0.25, -0.2) is 0 Å². The van der Waals surface area contributed by atoms with Crippen molar-refractivity contribution < 1.29 is 4.79 Å². The van der Waals surface area contributed by atoms with E-state index in [1.165, 1.54) is 6.20 Å². The number of anilines is 1. The molecule has 4 heteroatoms. The number of rotatable bonds is 3. The molecule has 106 valence electrons. The van der Waals surface area contributed by atoms with Crippen LogP contribution in [0.4, 0.5) is 5.69 Å². The standard InChI is InChI=1S/C16H21N3O/c1-11-6-7-12(2)14(8-11)18-10-13(9-17)15(20)19-16(3,4)5/h6-8,10,18H,1-5H3,(H,19,20)/b13-10-. The molecule has 2 N–H and O–H groups in total. The fourth-order valence-corrected chi connectivity index (χ4v) is 1.60. The normalized spacial score (nSPS) is 11.7. The van der Waals surface area contributed by atoms with E-state index in [1.807, 2.05) is 58.9 Å². The number of aryl methyl sites for hydroxylation is 2. The molecule has 0 aliphatic rings. The first-order valence-electron chi connectivity index (χ1n) is 6.49. The van der Waals surface area contributed by atoms with Crippen molar-refractivity contribution in [2.24, 2.45) is 0 Å². The lowest BCUT2D eigenvalue weighted by atomic mass is 10.1. The number of nitrogens with one attached hydrogen (secondary N) is 2. The number of benzene rings is 1. The monoisotopic (exact) mass is 271 g/mol. The number of hydrogen-bond acceptors (Lipinski definition) is 3. The molecule has 0 spiro atoms. The second-order valence-electron chi connectivity index (χ2n) is 5.84. The minimum absolute atomic E-state index is 0.0563. The molecule has 0 aliphatic heterocycles. The van der Waals surface area contributed by atoms with Gasteiger partial charge in [0.15, 0.2) is 0 Å². The van der Waals surface area contributed by atoms with Gasteiger partial charge < -0.3 is 10.6 Å². The average Bonchev–Trinajstić information content (AvgIpc) is 2.32. The zero-order valence-corrected chi connectivity index (χ0v) is 12.7. The van der Waals surface area contributed by atoms with Gasteiger partial charge in [0.05, 0.1) is 0 Å². The van der Waals surface area contributed by atoms with Crippen LogP contribution in [-0.4, -0.2) is 11.4 Å². The van der Waals surface area contributed by atoms with Crippen LogP contribution in [0.5, 0.6) is 0 Å². The minimum atomic E-state index is -0.377. The third kappa shape index (κ3) is 4.77. The maximum Gasteiger partial charge on any atom is 0.263 e. The topological polar surface area (TPSA) is 64.9 Å². The summed E-state index contributed by atoms with van der Waals surface area (Å²) in [5.74, 6) is -0.377. The second-order valence-corrected chi connectivity index (χ2v) is 5.84. The molecule has 0 saturated carbocycles. The summed E-state index contributed by atoms with van der Waals surface area (Å²) in [5, 5.41) is 14.9. The van der Waals surface area contributed by atoms with E-state index in [0.717, 1.165) is 16.8 Å². The van der Waals surface area contributed by atoms with Crippen LogP contribution in [-0.2, 0) is 4.79 Å². The van der Waals surface area contributed by atoms with Crippen molar-refractivity contribution >= 4 is 11.6 Å². The number of amides is 1. The van der Waals surface area contributed by atoms with Crippen LogP contribution < -0.4 is 10.6 Å². The van der Waals surface area contributed by atoms with Crippen LogP contribution in [0.15, 0.2) is 30.0 Å². The van der Waals surface area contributed by atoms with Crippen molar-refractivity contribution in [3.05, 3.63) is 41.1 Å². The number of carbonyl (C=O) groups excluding carboxylic acids is 1. The predicted molar refractivity (Wildman–Crippen MR) is 81.1 cm³/mol. The van der Waals surface area contributed by atoms with E-state index in [4.69, 9.17) is 5.26 Å². The molecule has 0 unspecified atom stereocenters. The number of nitrogens with zero attached hydrogens (tertiary/aromatic N) is 1. The van der Waals surface area contributed by atoms with Crippen molar-refractivity contribution in [1.29, 1.82) is 5.26 Å². The van der Waals surface area contributed by atoms with Gasteiger partial charge in [-0.3, -0.25) is 4.79 Å². The first kappa shape index (κ1) is 15.8. The molecule has 0 aliphatic carbocycles. The average molecular weight is 271 g/mol. The SMILES string of the molecule is Cc1ccc(C)c(N/C=C(/C#N)C(=O)NC(C)(C)C)c1. The summed E-state index contributed by atoms with van der Waals surface area (Å²) in [5.41, 5.74) is 2.75. The second kappa shape index (κ2) is 6.25. The van der Waals surface area contributed by atoms with Gasteiger partial charge in [0.1, 0.15) is 11.6 Å². The van der Waals surface area contributed by atoms with Crippen molar-refractivity contribution in [3.8, 4) is 6.07 Å². The first-order chi connectivity index (χ1) is 9.23. The van der Waals surface area contributed by atoms with Crippen LogP contribution >= 0.6 is 0 Å². The van der Waals surface area contributed by atoms with Gasteiger partial charge in [0.2, 0.25) is 0 Å². The van der Waals surface area contributed by atoms with Crippen LogP contribution in [0.25, 0.3) is 0 Å². The maximum absolute atomic E-state index is 11.9. The molecule has 0 heterocycles. The number of nitriles is 1. The Kier molecular flexibility index (Phi) is 4.93. The third-order valence-corrected chi connectivity index (χ3v) is 2.62. The molecule has 0 atom stereocenters. The summed E-state index contributed by atoms with van der Waals surface area (Å²) in [6.45, 7) is 9.58. The van der Waals surface area contributed by atoms with Crippen LogP contribution in [0.1, 0.15) is 31.9 Å². The molecule has 1 aromatic rings. The highest BCUT2D eigenvalue weighted by Crippen LogP contribution is 2.16. The molecule has 0 fully saturated rings. The highest BCUT2D eigenvalue weighted by atomic mass is 16.1. The number of hydrogen-bond donors (Lipinski definition) is 2. The van der Waals surface area contributed by atoms with Gasteiger partial charge in [-0.05, 0) is 51.8 Å². The van der Waals surface area contributed by atoms with E-state index in [-0.39, 0.29) is 17.0 Å². The molecule has 4 nitrogen and oxygen atoms in total. The van der Waals surface area contributed by atoms with Crippen LogP contribution in [0, 0.1) is 25.2 Å². The Morgan fingerprint density at radius 3 is 2.50 bits per heavy atom. The summed E-state index contributed by atoms with van der Waals surface area (Å²) < 4.78 is 0. The molecule has 1 amide bonds. The molecule has 0 aromatic heterocycles. The summed E-state index contributed by atoms with van der Waals surface area (Å²) in [4.78, 5) is 11.9. The molecule has 20 heavy (non-hydrogen) atoms. The van der Waals surface area contributed by atoms with E-state index >= 15 is 0 Å². The van der Waals surface area contributed by atoms with E-state index < -0.39 is 0 Å². The Morgan fingerprint density at radius 1 is 1.30 bits per heavy atom. The molecular formula is C16H21N3O. The van der Waals surface area contributed by atoms with Crippen LogP contribution in [0.3, 0.4) is 0 Å². The van der Waals surface area contributed by atoms with Crippen molar-refractivity contribution in [3.63, 3.8) is 0 Å². The zero-order chi connectivity index (χ0) is 15.3. The van der Waals surface area contributed by atoms with Crippen molar-refractivity contribution in [2.45, 2.75) is 40.2 Å². The van der Waals surface area contributed by atoms with Gasteiger partial charge in [-0.1, -0.05) is 12.1 Å². The quantitative estimate of drug-likeness (QED) is 0.656. The Bertz CT molecular complexity index is 574. The fourth-order valence-electron chi connectivity index (χ4n) is 1.60. The summed E-state index contributed by atoms with van der Waals surface area (Å²) in [6.07, 6.45) is 1.45. The Hall–Kier alpha value is -2.28. The fraction of sp³-hybridized carbons (Fsp3) is 0.375. The molecule has 0 saturated heterocycles. The first-order valence-corrected chi connectivity index (χ1v) is 6.49. The van der Waals surface area contributed by atoms with E-state index in [0.29, 0.717) is 0 Å². The van der Waals surface area contributed by atoms with Gasteiger partial charge in [-0.2, -0.15) is 5.26 Å². The maximum atomic E-state index is 11.9. The number of carbonyl (C=O) groups is 1. The molecule has 1 aromatic carbocycles. The Morgan fingerprint density at radius 2 is 1.95 bits per heavy atom. The van der Waals surface area contributed by atoms with Crippen molar-refractivity contribution in [2.75, 3.05) is 5.32 Å². The lowest BCUT2D eigenvalue weighted by molar-refractivity contribution is -0.118. The van der Waals surface area contributed by atoms with E-state index in [9.17, 15) is 4.79 Å². The molecule has 1 rings (SSSR count). The van der Waals surface area contributed by atoms with E-state index in [1.54, 1.807) is 0 Å². The van der Waals surface area contributed by atoms with Gasteiger partial charge in [0, 0.05) is 17.4 Å². The lowest BCUT2D eigenvalue weighted by Gasteiger charge is -2.20. The summed E-state index contributed by atoms with van der Waals surface area (Å²) in [6, 6.07) is 7.90. The third-order valence-electron chi connectivity index (χ3n) is 2.62. The van der Waals surface area contributed by atoms with Crippen molar-refractivity contribution in [1.82, 2.24) is 5.32 Å². The smallest absolute Gasteiger partial charge is 0.263 e. The van der Waals surface area contributed by atoms with Gasteiger partial charge >= 0.3 is 0 Å². The zero-order valence-electron chi connectivity index (χ0n) is 12.7. The Labute approximate surface area is 120 Å². The minimum Gasteiger partial charge on any atom is -0.360 e. The lowest BCUT2D eigenvalue weighted by Crippen LogP contribution is -2.41. The summed E-state index contributed by atoms with van der Waals surface area (Å²) in [7, 11) is 0. The highest BCUT2D eigenvalue weighted by molar-refractivity contribution is 5.97. The predicted octanol–water partition coefficient (Wildman–Crippen LogP) is 3.04. The van der Waals surface area contributed by atoms with E-state index in [2.05, 4.69) is 10.6 Å². The van der Waals surface area contributed by atoms with Crippen LogP contribution in [0.2, 0.25) is 0 Å².